The molecule has 2 saturated carbocycles. The minimum absolute atomic E-state index is 0. The second-order valence-electron chi connectivity index (χ2n) is 5.14. The zero-order chi connectivity index (χ0) is 16.8. The van der Waals surface area contributed by atoms with Crippen LogP contribution in [0.4, 0.5) is 5.95 Å². The number of anilines is 1. The van der Waals surface area contributed by atoms with Crippen molar-refractivity contribution < 1.29 is 17.1 Å². The molecule has 0 amide bonds. The van der Waals surface area contributed by atoms with E-state index in [9.17, 15) is 0 Å². The molecule has 0 aliphatic heterocycles. The summed E-state index contributed by atoms with van der Waals surface area (Å²) in [6, 6.07) is 9.43. The Morgan fingerprint density at radius 1 is 0.760 bits per heavy atom. The molecule has 3 nitrogen and oxygen atoms in total. The van der Waals surface area contributed by atoms with Crippen molar-refractivity contribution in [3.05, 3.63) is 105 Å². The van der Waals surface area contributed by atoms with Crippen molar-refractivity contribution in [2.45, 2.75) is 0 Å². The molecule has 1 heterocycles. The van der Waals surface area contributed by atoms with Crippen LogP contribution < -0.4 is 5.73 Å². The molecule has 2 aliphatic carbocycles. The number of halogens is 1. The Morgan fingerprint density at radius 2 is 1.36 bits per heavy atom. The minimum atomic E-state index is 0. The van der Waals surface area contributed by atoms with Gasteiger partial charge in [0.25, 0.3) is 0 Å². The Bertz CT molecular complexity index is 660. The molecule has 1 aromatic heterocycles. The van der Waals surface area contributed by atoms with Crippen LogP contribution in [0, 0.1) is 63.7 Å². The van der Waals surface area contributed by atoms with E-state index in [1.165, 1.54) is 0 Å². The summed E-state index contributed by atoms with van der Waals surface area (Å²) in [5.74, 6) is 1.28. The summed E-state index contributed by atoms with van der Waals surface area (Å²) in [5, 5.41) is 0.671. The van der Waals surface area contributed by atoms with Crippen LogP contribution in [0.5, 0.6) is 0 Å². The van der Waals surface area contributed by atoms with E-state index in [0.29, 0.717) is 5.02 Å². The first-order chi connectivity index (χ1) is 11.7. The van der Waals surface area contributed by atoms with E-state index in [0.717, 1.165) is 22.9 Å². The van der Waals surface area contributed by atoms with Gasteiger partial charge in [0.15, 0.2) is 0 Å². The van der Waals surface area contributed by atoms with E-state index < -0.39 is 0 Å². The summed E-state index contributed by atoms with van der Waals surface area (Å²) in [5.41, 5.74) is 8.29. The minimum Gasteiger partial charge on any atom is -0.368 e. The summed E-state index contributed by atoms with van der Waals surface area (Å²) in [4.78, 5) is 8.52. The standard InChI is InChI=1S/C15H11ClN3.C5H5.Fe/c16-12-7-3-6-11(8-12)14-9-13(18-15(17)19-14)10-4-1-2-5-10;1-2-4-5-3-1;/h1-9H,(H2,17,18,19);1-5H;/q;;+2. The molecule has 0 spiro atoms. The maximum absolute atomic E-state index is 6.00. The molecule has 5 heteroatoms. The first kappa shape index (κ1) is 20.2. The zero-order valence-electron chi connectivity index (χ0n) is 13.3. The van der Waals surface area contributed by atoms with Crippen LogP contribution in [-0.2, 0) is 17.1 Å². The van der Waals surface area contributed by atoms with Gasteiger partial charge in [0, 0.05) is 16.5 Å². The average Bonchev–Trinajstić information content (AvgIpc) is 3.30. The Hall–Kier alpha value is -1.09. The van der Waals surface area contributed by atoms with Crippen LogP contribution in [0.15, 0.2) is 30.3 Å². The van der Waals surface area contributed by atoms with Crippen LogP contribution in [0.25, 0.3) is 11.3 Å². The maximum Gasteiger partial charge on any atom is 2.00 e. The third kappa shape index (κ3) is 5.98. The first-order valence-electron chi connectivity index (χ1n) is 7.51. The van der Waals surface area contributed by atoms with Crippen molar-refractivity contribution in [2.75, 3.05) is 5.73 Å². The van der Waals surface area contributed by atoms with Gasteiger partial charge in [-0.2, -0.15) is 0 Å². The topological polar surface area (TPSA) is 51.8 Å². The first-order valence-corrected chi connectivity index (χ1v) is 7.89. The molecule has 2 fully saturated rings. The molecule has 0 saturated heterocycles. The van der Waals surface area contributed by atoms with Crippen molar-refractivity contribution in [3.8, 4) is 11.3 Å². The van der Waals surface area contributed by atoms with Gasteiger partial charge in [0.05, 0.1) is 11.4 Å². The van der Waals surface area contributed by atoms with Gasteiger partial charge >= 0.3 is 17.1 Å². The fourth-order valence-electron chi connectivity index (χ4n) is 2.27. The van der Waals surface area contributed by atoms with Gasteiger partial charge in [-0.25, -0.2) is 9.97 Å². The molecule has 0 atom stereocenters. The van der Waals surface area contributed by atoms with Crippen molar-refractivity contribution in [1.29, 1.82) is 0 Å². The monoisotopic (exact) mass is 389 g/mol. The van der Waals surface area contributed by atoms with Crippen LogP contribution in [0.2, 0.25) is 5.02 Å². The van der Waals surface area contributed by atoms with Gasteiger partial charge in [0.2, 0.25) is 5.95 Å². The predicted molar refractivity (Wildman–Crippen MR) is 97.9 cm³/mol. The van der Waals surface area contributed by atoms with Crippen LogP contribution >= 0.6 is 11.6 Å². The van der Waals surface area contributed by atoms with Crippen molar-refractivity contribution in [1.82, 2.24) is 9.97 Å². The fraction of sp³-hybridized carbons (Fsp3) is 0. The SMILES string of the molecule is Nc1nc([C]2[CH][CH][CH][CH]2)cc(-c2cccc(Cl)c2)n1.[CH]1[CH][CH][CH][CH]1.[Fe+2]. The van der Waals surface area contributed by atoms with Gasteiger partial charge in [-0.1, -0.05) is 23.7 Å². The third-order valence-electron chi connectivity index (χ3n) is 3.38. The maximum atomic E-state index is 6.00. The average molecular weight is 390 g/mol. The van der Waals surface area contributed by atoms with E-state index in [-0.39, 0.29) is 23.0 Å². The summed E-state index contributed by atoms with van der Waals surface area (Å²) in [7, 11) is 0. The van der Waals surface area contributed by atoms with Crippen molar-refractivity contribution in [2.24, 2.45) is 0 Å². The molecular formula is C20H16ClFeN3+2. The molecule has 2 N–H and O–H groups in total. The molecule has 1 aromatic carbocycles. The summed E-state index contributed by atoms with van der Waals surface area (Å²) in [6.45, 7) is 0. The molecule has 2 aliphatic rings. The van der Waals surface area contributed by atoms with Gasteiger partial charge in [-0.3, -0.25) is 0 Å². The number of nitrogens with zero attached hydrogens (tertiary/aromatic N) is 2. The Morgan fingerprint density at radius 3 is 1.96 bits per heavy atom. The Balaban J connectivity index is 0.000000325. The number of benzene rings is 1. The van der Waals surface area contributed by atoms with E-state index in [2.05, 4.69) is 9.97 Å². The quantitative estimate of drug-likeness (QED) is 0.785. The molecular weight excluding hydrogens is 374 g/mol. The van der Waals surface area contributed by atoms with Crippen LogP contribution in [-0.4, -0.2) is 9.97 Å². The molecule has 10 radical (unpaired) electrons. The van der Waals surface area contributed by atoms with Crippen molar-refractivity contribution >= 4 is 17.5 Å². The van der Waals surface area contributed by atoms with Crippen molar-refractivity contribution in [3.63, 3.8) is 0 Å². The number of rotatable bonds is 2. The Labute approximate surface area is 166 Å². The fourth-order valence-corrected chi connectivity index (χ4v) is 2.47. The van der Waals surface area contributed by atoms with E-state index >= 15 is 0 Å². The second-order valence-corrected chi connectivity index (χ2v) is 5.58. The zero-order valence-corrected chi connectivity index (χ0v) is 15.1. The van der Waals surface area contributed by atoms with E-state index in [4.69, 9.17) is 17.3 Å². The van der Waals surface area contributed by atoms with Gasteiger partial charge in [-0.15, -0.1) is 0 Å². The van der Waals surface area contributed by atoms with Crippen LogP contribution in [0.3, 0.4) is 0 Å². The molecule has 4 rings (SSSR count). The number of hydrogen-bond donors (Lipinski definition) is 1. The number of nitrogen functional groups attached to an aromatic ring is 1. The van der Waals surface area contributed by atoms with Gasteiger partial charge in [0.1, 0.15) is 0 Å². The predicted octanol–water partition coefficient (Wildman–Crippen LogP) is 4.15. The normalized spacial score (nSPS) is 16.8. The largest absolute Gasteiger partial charge is 2.00 e. The molecule has 0 unspecified atom stereocenters. The van der Waals surface area contributed by atoms with E-state index in [1.807, 2.05) is 88.1 Å². The van der Waals surface area contributed by atoms with Gasteiger partial charge in [-0.05, 0) is 76.0 Å². The number of nitrogens with two attached hydrogens (primary N) is 1. The van der Waals surface area contributed by atoms with Gasteiger partial charge < -0.3 is 5.73 Å². The second kappa shape index (κ2) is 10.2. The molecule has 2 aromatic rings. The third-order valence-corrected chi connectivity index (χ3v) is 3.61. The molecule has 25 heavy (non-hydrogen) atoms. The summed E-state index contributed by atoms with van der Waals surface area (Å²) < 4.78 is 0. The summed E-state index contributed by atoms with van der Waals surface area (Å²) in [6.07, 6.45) is 17.9. The van der Waals surface area contributed by atoms with Crippen LogP contribution in [0.1, 0.15) is 5.69 Å². The molecule has 0 bridgehead atoms. The number of aromatic nitrogens is 2. The number of hydrogen-bond acceptors (Lipinski definition) is 3. The Kier molecular flexibility index (Phi) is 8.21. The van der Waals surface area contributed by atoms with E-state index in [1.54, 1.807) is 0 Å². The molecule has 124 valence electrons. The smallest absolute Gasteiger partial charge is 0.368 e. The summed E-state index contributed by atoms with van der Waals surface area (Å²) >= 11 is 6.00.